The van der Waals surface area contributed by atoms with Crippen LogP contribution in [0.15, 0.2) is 30.3 Å². The summed E-state index contributed by atoms with van der Waals surface area (Å²) in [6.45, 7) is 9.87. The lowest BCUT2D eigenvalue weighted by atomic mass is 9.94. The predicted octanol–water partition coefficient (Wildman–Crippen LogP) is -5.31. The van der Waals surface area contributed by atoms with E-state index in [4.69, 9.17) is 0 Å². The summed E-state index contributed by atoms with van der Waals surface area (Å²) in [5.74, 6) is -9.56. The topological polar surface area (TPSA) is 359 Å². The minimum atomic E-state index is -1.57. The lowest BCUT2D eigenvalue weighted by molar-refractivity contribution is -0.409. The van der Waals surface area contributed by atoms with Gasteiger partial charge < -0.3 is 73.6 Å². The highest BCUT2D eigenvalue weighted by molar-refractivity contribution is 5.97. The van der Waals surface area contributed by atoms with Crippen LogP contribution in [0.4, 0.5) is 0 Å². The van der Waals surface area contributed by atoms with Crippen LogP contribution in [-0.2, 0) is 49.6 Å². The highest BCUT2D eigenvalue weighted by atomic mass is 16.4. The summed E-state index contributed by atoms with van der Waals surface area (Å²) in [7, 11) is 0. The molecule has 0 heterocycles. The van der Waals surface area contributed by atoms with Gasteiger partial charge in [-0.3, -0.25) is 33.6 Å². The van der Waals surface area contributed by atoms with Crippen molar-refractivity contribution in [2.75, 3.05) is 19.7 Å². The van der Waals surface area contributed by atoms with Gasteiger partial charge in [-0.05, 0) is 61.8 Å². The molecule has 360 valence electrons. The van der Waals surface area contributed by atoms with Crippen LogP contribution in [0.1, 0.15) is 98.5 Å². The molecule has 21 heteroatoms. The van der Waals surface area contributed by atoms with Crippen LogP contribution in [-0.4, -0.2) is 120 Å². The van der Waals surface area contributed by atoms with Crippen molar-refractivity contribution in [3.63, 3.8) is 0 Å². The summed E-state index contributed by atoms with van der Waals surface area (Å²) in [6.07, 6.45) is 0.726. The minimum absolute atomic E-state index is 0.0508. The number of quaternary nitrogens is 2. The second kappa shape index (κ2) is 29.6. The average Bonchev–Trinajstić information content (AvgIpc) is 3.25. The number of carboxylic acids is 2. The molecule has 1 rings (SSSR count). The molecule has 0 aliphatic heterocycles. The molecule has 0 aliphatic carbocycles. The summed E-state index contributed by atoms with van der Waals surface area (Å²) in [6, 6.07) is -0.368. The van der Waals surface area contributed by atoms with E-state index in [-0.39, 0.29) is 31.1 Å². The van der Waals surface area contributed by atoms with Gasteiger partial charge in [0, 0.05) is 12.4 Å². The monoisotopic (exact) mass is 906 g/mol. The fourth-order valence-corrected chi connectivity index (χ4v) is 6.41. The first-order valence-corrected chi connectivity index (χ1v) is 22.0. The molecule has 0 fully saturated rings. The predicted molar refractivity (Wildman–Crippen MR) is 228 cm³/mol. The molecule has 0 aliphatic rings. The Hall–Kier alpha value is -5.67. The Labute approximate surface area is 374 Å². The molecule has 21 nitrogen and oxygen atoms in total. The third-order valence-corrected chi connectivity index (χ3v) is 10.7. The second-order valence-electron chi connectivity index (χ2n) is 16.5. The molecule has 0 saturated carbocycles. The fourth-order valence-electron chi connectivity index (χ4n) is 6.41. The van der Waals surface area contributed by atoms with Gasteiger partial charge >= 0.3 is 0 Å². The van der Waals surface area contributed by atoms with E-state index in [1.807, 2.05) is 6.92 Å². The van der Waals surface area contributed by atoms with Crippen LogP contribution in [0.3, 0.4) is 0 Å². The average molecular weight is 906 g/mol. The van der Waals surface area contributed by atoms with Crippen molar-refractivity contribution in [1.29, 1.82) is 0 Å². The SMILES string of the molecule is CC[C@H](C)[C@H](NC(=O)[C@@H](NC(=O)[C@@H]([NH3+])CO)[C@@H](C)CC)C(=O)NCC(=O)N[C@@H](Cc1ccccc1)C(=O)N[C@@H](CCC(=O)[O-])C(=O)N[C@@H](CCCC[NH3+])C(=O)N[C@@H](CC(C)C)C(=O)[O-]. The van der Waals surface area contributed by atoms with Gasteiger partial charge in [-0.2, -0.15) is 0 Å². The molecule has 0 saturated heterocycles. The Kier molecular flexibility index (Phi) is 26.1. The maximum atomic E-state index is 14.0. The molecule has 0 spiro atoms. The van der Waals surface area contributed by atoms with Gasteiger partial charge in [-0.1, -0.05) is 84.7 Å². The maximum absolute atomic E-state index is 14.0. The first-order chi connectivity index (χ1) is 30.2. The molecule has 14 N–H and O–H groups in total. The second-order valence-corrected chi connectivity index (χ2v) is 16.5. The molecule has 9 atom stereocenters. The smallest absolute Gasteiger partial charge is 0.281 e. The minimum Gasteiger partial charge on any atom is -0.550 e. The highest BCUT2D eigenvalue weighted by Gasteiger charge is 2.35. The number of aliphatic hydroxyl groups excluding tert-OH is 1. The lowest BCUT2D eigenvalue weighted by Crippen LogP contribution is -2.71. The number of amides is 7. The van der Waals surface area contributed by atoms with Crippen LogP contribution in [0, 0.1) is 17.8 Å². The summed E-state index contributed by atoms with van der Waals surface area (Å²) in [5.41, 5.74) is 7.92. The van der Waals surface area contributed by atoms with Gasteiger partial charge in [-0.25, -0.2) is 0 Å². The van der Waals surface area contributed by atoms with Crippen molar-refractivity contribution >= 4 is 53.3 Å². The largest absolute Gasteiger partial charge is 0.550 e. The Morgan fingerprint density at radius 1 is 0.641 bits per heavy atom. The molecule has 7 amide bonds. The number of unbranched alkanes of at least 4 members (excludes halogenated alkanes) is 1. The maximum Gasteiger partial charge on any atom is 0.281 e. The number of carbonyl (C=O) groups excluding carboxylic acids is 9. The zero-order valence-corrected chi connectivity index (χ0v) is 38.0. The number of carbonyl (C=O) groups is 9. The van der Waals surface area contributed by atoms with Crippen molar-refractivity contribution in [1.82, 2.24) is 37.2 Å². The molecular weight excluding hydrogens is 835 g/mol. The number of hydrogen-bond donors (Lipinski definition) is 10. The van der Waals surface area contributed by atoms with E-state index >= 15 is 0 Å². The van der Waals surface area contributed by atoms with E-state index in [0.29, 0.717) is 37.8 Å². The number of hydrogen-bond acceptors (Lipinski definition) is 12. The third kappa shape index (κ3) is 20.7. The first-order valence-electron chi connectivity index (χ1n) is 22.0. The third-order valence-electron chi connectivity index (χ3n) is 10.7. The number of aliphatic carboxylic acids is 2. The first kappa shape index (κ1) is 56.3. The lowest BCUT2D eigenvalue weighted by Gasteiger charge is -2.29. The van der Waals surface area contributed by atoms with E-state index in [2.05, 4.69) is 48.7 Å². The molecule has 0 radical (unpaired) electrons. The Bertz CT molecular complexity index is 1700. The van der Waals surface area contributed by atoms with Crippen molar-refractivity contribution in [3.8, 4) is 0 Å². The molecule has 0 bridgehead atoms. The molecule has 0 aromatic heterocycles. The van der Waals surface area contributed by atoms with Crippen LogP contribution < -0.4 is 58.9 Å². The van der Waals surface area contributed by atoms with Crippen molar-refractivity contribution in [2.45, 2.75) is 142 Å². The van der Waals surface area contributed by atoms with E-state index in [1.54, 1.807) is 65.0 Å². The van der Waals surface area contributed by atoms with Crippen LogP contribution in [0.2, 0.25) is 0 Å². The van der Waals surface area contributed by atoms with Crippen LogP contribution in [0.25, 0.3) is 0 Å². The number of benzene rings is 1. The van der Waals surface area contributed by atoms with Gasteiger partial charge in [0.1, 0.15) is 36.8 Å². The molecule has 1 aromatic carbocycles. The van der Waals surface area contributed by atoms with E-state index in [1.165, 1.54) is 0 Å². The normalized spacial score (nSPS) is 15.3. The number of carboxylic acid groups (broad SMARTS) is 2. The van der Waals surface area contributed by atoms with Gasteiger partial charge in [0.15, 0.2) is 6.04 Å². The van der Waals surface area contributed by atoms with Gasteiger partial charge in [0.25, 0.3) is 5.91 Å². The summed E-state index contributed by atoms with van der Waals surface area (Å²) >= 11 is 0. The highest BCUT2D eigenvalue weighted by Crippen LogP contribution is 2.13. The van der Waals surface area contributed by atoms with Crippen molar-refractivity contribution in [3.05, 3.63) is 35.9 Å². The van der Waals surface area contributed by atoms with Crippen molar-refractivity contribution in [2.24, 2.45) is 17.8 Å². The van der Waals surface area contributed by atoms with E-state index in [9.17, 15) is 58.5 Å². The van der Waals surface area contributed by atoms with Gasteiger partial charge in [0.05, 0.1) is 25.1 Å². The van der Waals surface area contributed by atoms with Gasteiger partial charge in [-0.15, -0.1) is 0 Å². The molecule has 64 heavy (non-hydrogen) atoms. The van der Waals surface area contributed by atoms with E-state index < -0.39 is 127 Å². The molecule has 0 unspecified atom stereocenters. The summed E-state index contributed by atoms with van der Waals surface area (Å²) in [5, 5.41) is 50.4. The molecular formula is C43H71N9O12. The Balaban J connectivity index is 3.35. The molecule has 1 aromatic rings. The number of rotatable bonds is 31. The standard InChI is InChI=1S/C43H71N9O12/c1-7-25(5)35(52-42(62)36(26(6)8-2)51-37(57)28(45)23-53)41(61)46-22-33(54)47-31(21-27-14-10-9-11-15-27)40(60)49-30(17-18-34(55)56)39(59)48-29(16-12-13-19-44)38(58)50-32(43(63)64)20-24(3)4/h9-11,14-15,24-26,28-32,35-36,53H,7-8,12-13,16-23,44-45H2,1-6H3,(H,46,61)(H,47,54)(H,48,59)(H,49,60)(H,50,58)(H,51,57)(H,52,62)(H,55,56)(H,63,64)/t25-,26-,28-,29-,30-,31-,32-,35-,36-/m0/s1. The number of aliphatic hydroxyl groups is 1. The zero-order chi connectivity index (χ0) is 48.5. The van der Waals surface area contributed by atoms with E-state index in [0.717, 1.165) is 0 Å². The summed E-state index contributed by atoms with van der Waals surface area (Å²) < 4.78 is 0. The quantitative estimate of drug-likeness (QED) is 0.0313. The fraction of sp³-hybridized carbons (Fsp3) is 0.651. The summed E-state index contributed by atoms with van der Waals surface area (Å²) in [4.78, 5) is 117. The Morgan fingerprint density at radius 2 is 1.16 bits per heavy atom. The van der Waals surface area contributed by atoms with Crippen LogP contribution in [0.5, 0.6) is 0 Å². The Morgan fingerprint density at radius 3 is 1.66 bits per heavy atom. The van der Waals surface area contributed by atoms with Crippen molar-refractivity contribution < 1.29 is 69.9 Å². The number of nitrogens with one attached hydrogen (secondary N) is 7. The zero-order valence-electron chi connectivity index (χ0n) is 38.0. The van der Waals surface area contributed by atoms with Gasteiger partial charge in [0.2, 0.25) is 35.4 Å². The van der Waals surface area contributed by atoms with Crippen LogP contribution >= 0.6 is 0 Å².